The topological polar surface area (TPSA) is 107 Å². The number of benzene rings is 1. The van der Waals surface area contributed by atoms with E-state index in [4.69, 9.17) is 9.26 Å². The van der Waals surface area contributed by atoms with Gasteiger partial charge in [0.15, 0.2) is 17.4 Å². The summed E-state index contributed by atoms with van der Waals surface area (Å²) in [7, 11) is 0. The predicted molar refractivity (Wildman–Crippen MR) is 85.3 cm³/mol. The Bertz CT molecular complexity index is 859. The molecule has 0 spiro atoms. The van der Waals surface area contributed by atoms with E-state index in [0.717, 1.165) is 16.9 Å². The number of rotatable bonds is 5. The number of thiazole rings is 1. The number of nitrogens with one attached hydrogen (secondary N) is 1. The molecule has 2 heterocycles. The van der Waals surface area contributed by atoms with E-state index in [1.165, 1.54) is 12.3 Å². The van der Waals surface area contributed by atoms with Crippen LogP contribution in [0.4, 0.5) is 5.13 Å². The number of esters is 1. The van der Waals surface area contributed by atoms with Crippen molar-refractivity contribution in [3.63, 3.8) is 0 Å². The number of hydrogen-bond acceptors (Lipinski definition) is 8. The first-order valence-electron chi connectivity index (χ1n) is 6.90. The van der Waals surface area contributed by atoms with Crippen LogP contribution in [0.1, 0.15) is 23.3 Å². The quantitative estimate of drug-likeness (QED) is 0.709. The normalized spacial score (nSPS) is 10.4. The van der Waals surface area contributed by atoms with Gasteiger partial charge >= 0.3 is 5.97 Å². The van der Waals surface area contributed by atoms with Gasteiger partial charge in [0.05, 0.1) is 0 Å². The fourth-order valence-corrected chi connectivity index (χ4v) is 2.52. The largest absolute Gasteiger partial charge is 0.451 e. The average Bonchev–Trinajstić information content (AvgIpc) is 3.22. The summed E-state index contributed by atoms with van der Waals surface area (Å²) >= 11 is 1.13. The Hall–Kier alpha value is -3.07. The first-order chi connectivity index (χ1) is 11.6. The maximum absolute atomic E-state index is 11.9. The van der Waals surface area contributed by atoms with E-state index in [-0.39, 0.29) is 24.1 Å². The fourth-order valence-electron chi connectivity index (χ4n) is 1.79. The second-order valence-corrected chi connectivity index (χ2v) is 5.53. The van der Waals surface area contributed by atoms with Gasteiger partial charge in [-0.1, -0.05) is 35.5 Å². The molecule has 1 amide bonds. The SMILES string of the molecule is CC(=O)Nc1nc(C(=O)OCc2nc(-c3ccccc3)no2)cs1. The Morgan fingerprint density at radius 2 is 2.04 bits per heavy atom. The molecule has 122 valence electrons. The first kappa shape index (κ1) is 15.8. The van der Waals surface area contributed by atoms with Crippen molar-refractivity contribution in [3.05, 3.63) is 47.3 Å². The standard InChI is InChI=1S/C15H12N4O4S/c1-9(20)16-15-17-11(8-24-15)14(21)22-7-12-18-13(19-23-12)10-5-3-2-4-6-10/h2-6,8H,7H2,1H3,(H,16,17,20). The van der Waals surface area contributed by atoms with Crippen molar-refractivity contribution in [3.8, 4) is 11.4 Å². The molecule has 3 aromatic rings. The molecule has 2 aromatic heterocycles. The summed E-state index contributed by atoms with van der Waals surface area (Å²) in [5.74, 6) is -0.298. The molecule has 0 aliphatic rings. The molecule has 0 aliphatic heterocycles. The molecule has 8 nitrogen and oxygen atoms in total. The van der Waals surface area contributed by atoms with Gasteiger partial charge in [0, 0.05) is 17.9 Å². The van der Waals surface area contributed by atoms with E-state index < -0.39 is 5.97 Å². The molecule has 24 heavy (non-hydrogen) atoms. The summed E-state index contributed by atoms with van der Waals surface area (Å²) in [5, 5.41) is 8.16. The Morgan fingerprint density at radius 3 is 2.79 bits per heavy atom. The summed E-state index contributed by atoms with van der Waals surface area (Å²) in [6.07, 6.45) is 0. The number of anilines is 1. The van der Waals surface area contributed by atoms with Gasteiger partial charge in [0.2, 0.25) is 11.7 Å². The van der Waals surface area contributed by atoms with Crippen LogP contribution in [0.25, 0.3) is 11.4 Å². The van der Waals surface area contributed by atoms with Crippen molar-refractivity contribution in [2.75, 3.05) is 5.32 Å². The van der Waals surface area contributed by atoms with Crippen LogP contribution in [0.15, 0.2) is 40.2 Å². The molecule has 1 aromatic carbocycles. The highest BCUT2D eigenvalue weighted by Gasteiger charge is 2.15. The van der Waals surface area contributed by atoms with Crippen LogP contribution in [0, 0.1) is 0 Å². The predicted octanol–water partition coefficient (Wildman–Crippen LogP) is 2.51. The van der Waals surface area contributed by atoms with Gasteiger partial charge < -0.3 is 14.6 Å². The molecule has 0 saturated heterocycles. The van der Waals surface area contributed by atoms with Crippen molar-refractivity contribution in [2.45, 2.75) is 13.5 Å². The van der Waals surface area contributed by atoms with E-state index >= 15 is 0 Å². The van der Waals surface area contributed by atoms with E-state index in [0.29, 0.717) is 11.0 Å². The third-order valence-corrected chi connectivity index (χ3v) is 3.58. The monoisotopic (exact) mass is 344 g/mol. The summed E-state index contributed by atoms with van der Waals surface area (Å²) in [4.78, 5) is 31.0. The highest BCUT2D eigenvalue weighted by molar-refractivity contribution is 7.14. The van der Waals surface area contributed by atoms with Crippen LogP contribution in [0.5, 0.6) is 0 Å². The van der Waals surface area contributed by atoms with Crippen LogP contribution in [-0.4, -0.2) is 27.0 Å². The van der Waals surface area contributed by atoms with Gasteiger partial charge in [-0.05, 0) is 0 Å². The van der Waals surface area contributed by atoms with Gasteiger partial charge in [-0.25, -0.2) is 9.78 Å². The van der Waals surface area contributed by atoms with E-state index in [1.807, 2.05) is 30.3 Å². The molecule has 0 unspecified atom stereocenters. The molecule has 0 aliphatic carbocycles. The molecule has 0 fully saturated rings. The van der Waals surface area contributed by atoms with E-state index in [2.05, 4.69) is 20.4 Å². The molecular weight excluding hydrogens is 332 g/mol. The lowest BCUT2D eigenvalue weighted by molar-refractivity contribution is -0.114. The molecule has 0 saturated carbocycles. The molecule has 0 atom stereocenters. The fraction of sp³-hybridized carbons (Fsp3) is 0.133. The minimum atomic E-state index is -0.637. The van der Waals surface area contributed by atoms with E-state index in [1.54, 1.807) is 0 Å². The lowest BCUT2D eigenvalue weighted by Crippen LogP contribution is -2.08. The second-order valence-electron chi connectivity index (χ2n) is 4.67. The zero-order valence-corrected chi connectivity index (χ0v) is 13.4. The molecule has 3 rings (SSSR count). The zero-order valence-electron chi connectivity index (χ0n) is 12.6. The number of hydrogen-bond donors (Lipinski definition) is 1. The molecule has 9 heteroatoms. The zero-order chi connectivity index (χ0) is 16.9. The Balaban J connectivity index is 1.59. The maximum Gasteiger partial charge on any atom is 0.358 e. The summed E-state index contributed by atoms with van der Waals surface area (Å²) in [6.45, 7) is 1.20. The number of nitrogens with zero attached hydrogens (tertiary/aromatic N) is 3. The smallest absolute Gasteiger partial charge is 0.358 e. The first-order valence-corrected chi connectivity index (χ1v) is 7.78. The minimum absolute atomic E-state index is 0.103. The van der Waals surface area contributed by atoms with Gasteiger partial charge in [0.25, 0.3) is 5.89 Å². The molecular formula is C15H12N4O4S. The van der Waals surface area contributed by atoms with Crippen molar-refractivity contribution < 1.29 is 18.8 Å². The molecule has 0 bridgehead atoms. The van der Waals surface area contributed by atoms with Crippen LogP contribution in [0.3, 0.4) is 0 Å². The minimum Gasteiger partial charge on any atom is -0.451 e. The Morgan fingerprint density at radius 1 is 1.25 bits per heavy atom. The maximum atomic E-state index is 11.9. The summed E-state index contributed by atoms with van der Waals surface area (Å²) in [5.41, 5.74) is 0.907. The number of carbonyl (C=O) groups excluding carboxylic acids is 2. The van der Waals surface area contributed by atoms with Crippen molar-refractivity contribution in [2.24, 2.45) is 0 Å². The van der Waals surface area contributed by atoms with Crippen LogP contribution in [-0.2, 0) is 16.1 Å². The van der Waals surface area contributed by atoms with Crippen LogP contribution >= 0.6 is 11.3 Å². The summed E-state index contributed by atoms with van der Waals surface area (Å²) in [6, 6.07) is 9.30. The summed E-state index contributed by atoms with van der Waals surface area (Å²) < 4.78 is 10.1. The Labute approximate surface area is 140 Å². The number of amides is 1. The second kappa shape index (κ2) is 7.01. The highest BCUT2D eigenvalue weighted by Crippen LogP contribution is 2.17. The van der Waals surface area contributed by atoms with Gasteiger partial charge in [-0.15, -0.1) is 11.3 Å². The lowest BCUT2D eigenvalue weighted by atomic mass is 10.2. The van der Waals surface area contributed by atoms with E-state index in [9.17, 15) is 9.59 Å². The van der Waals surface area contributed by atoms with Gasteiger partial charge in [-0.3, -0.25) is 4.79 Å². The van der Waals surface area contributed by atoms with Crippen molar-refractivity contribution >= 4 is 28.3 Å². The van der Waals surface area contributed by atoms with Gasteiger partial charge in [-0.2, -0.15) is 4.98 Å². The molecule has 0 radical (unpaired) electrons. The highest BCUT2D eigenvalue weighted by atomic mass is 32.1. The van der Waals surface area contributed by atoms with Gasteiger partial charge in [0.1, 0.15) is 0 Å². The average molecular weight is 344 g/mol. The Kier molecular flexibility index (Phi) is 4.62. The van der Waals surface area contributed by atoms with Crippen LogP contribution < -0.4 is 5.32 Å². The lowest BCUT2D eigenvalue weighted by Gasteiger charge is -1.98. The van der Waals surface area contributed by atoms with Crippen molar-refractivity contribution in [1.29, 1.82) is 0 Å². The number of ether oxygens (including phenoxy) is 1. The number of carbonyl (C=O) groups is 2. The van der Waals surface area contributed by atoms with Crippen LogP contribution in [0.2, 0.25) is 0 Å². The third kappa shape index (κ3) is 3.82. The molecule has 1 N–H and O–H groups in total. The third-order valence-electron chi connectivity index (χ3n) is 2.82. The number of aromatic nitrogens is 3. The van der Waals surface area contributed by atoms with Crippen molar-refractivity contribution in [1.82, 2.24) is 15.1 Å².